The Morgan fingerprint density at radius 2 is 0.256 bits per heavy atom. The van der Waals surface area contributed by atoms with E-state index in [0.29, 0.717) is 0 Å². The van der Waals surface area contributed by atoms with Crippen molar-refractivity contribution in [2.45, 2.75) is 0 Å². The first-order valence-corrected chi connectivity index (χ1v) is 29.5. The van der Waals surface area contributed by atoms with Crippen molar-refractivity contribution in [3.8, 4) is 134 Å². The first-order chi connectivity index (χ1) is 42.5. The van der Waals surface area contributed by atoms with Gasteiger partial charge in [0.15, 0.2) is 0 Å². The van der Waals surface area contributed by atoms with E-state index in [0.717, 1.165) is 83.5 Å². The average molecular weight is 1090 g/mol. The van der Waals surface area contributed by atoms with Crippen molar-refractivity contribution in [1.82, 2.24) is 0 Å². The molecule has 0 saturated carbocycles. The summed E-state index contributed by atoms with van der Waals surface area (Å²) >= 11 is 0. The normalized spacial score (nSPS) is 11.1. The lowest BCUT2D eigenvalue weighted by Gasteiger charge is -2.17. The minimum absolute atomic E-state index is 0.938. The Labute approximate surface area is 505 Å². The summed E-state index contributed by atoms with van der Waals surface area (Å²) in [6.45, 7) is 5.05. The maximum absolute atomic E-state index is 5.05. The zero-order valence-corrected chi connectivity index (χ0v) is 47.7. The van der Waals surface area contributed by atoms with E-state index < -0.39 is 0 Å². The fraction of sp³-hybridized carbons (Fsp3) is 0. The van der Waals surface area contributed by atoms with Crippen LogP contribution in [0.5, 0.6) is 0 Å². The molecule has 14 aromatic rings. The van der Waals surface area contributed by atoms with Crippen LogP contribution < -0.4 is 0 Å². The quantitative estimate of drug-likeness (QED) is 0.102. The van der Waals surface area contributed by atoms with Crippen LogP contribution in [0, 0.1) is 0 Å². The van der Waals surface area contributed by atoms with Crippen LogP contribution in [-0.4, -0.2) is 0 Å². The molecule has 0 heterocycles. The summed E-state index contributed by atoms with van der Waals surface area (Å²) in [4.78, 5) is 0. The van der Waals surface area contributed by atoms with Gasteiger partial charge < -0.3 is 0 Å². The molecule has 0 fully saturated rings. The van der Waals surface area contributed by atoms with E-state index in [1.54, 1.807) is 0 Å². The van der Waals surface area contributed by atoms with Crippen molar-refractivity contribution in [2.24, 2.45) is 0 Å². The van der Waals surface area contributed by atoms with Crippen LogP contribution in [0.25, 0.3) is 139 Å². The van der Waals surface area contributed by atoms with Crippen LogP contribution in [0.15, 0.2) is 358 Å². The number of hydrogen-bond acceptors (Lipinski definition) is 0. The molecule has 0 atom stereocenters. The van der Waals surface area contributed by atoms with E-state index in [9.17, 15) is 0 Å². The van der Waals surface area contributed by atoms with E-state index >= 15 is 0 Å². The summed E-state index contributed by atoms with van der Waals surface area (Å²) in [6.07, 6.45) is 0. The molecule has 0 aliphatic heterocycles. The molecule has 0 saturated heterocycles. The summed E-state index contributed by atoms with van der Waals surface area (Å²) in [5.74, 6) is 0. The lowest BCUT2D eigenvalue weighted by atomic mass is 9.87. The van der Waals surface area contributed by atoms with Crippen LogP contribution in [0.3, 0.4) is 0 Å². The van der Waals surface area contributed by atoms with Crippen molar-refractivity contribution in [3.63, 3.8) is 0 Å². The summed E-state index contributed by atoms with van der Waals surface area (Å²) < 4.78 is 0. The number of rotatable bonds is 14. The molecule has 0 radical (unpaired) electrons. The van der Waals surface area contributed by atoms with Gasteiger partial charge in [-0.2, -0.15) is 0 Å². The lowest BCUT2D eigenvalue weighted by molar-refractivity contribution is 1.51. The molecule has 14 rings (SSSR count). The predicted octanol–water partition coefficient (Wildman–Crippen LogP) is 23.8. The second-order valence-electron chi connectivity index (χ2n) is 22.2. The third-order valence-electron chi connectivity index (χ3n) is 16.6. The maximum atomic E-state index is 5.05. The minimum Gasteiger partial charge on any atom is -0.0906 e. The summed E-state index contributed by atoms with van der Waals surface area (Å²) in [5, 5.41) is 0. The van der Waals surface area contributed by atoms with Gasteiger partial charge in [0.05, 0.1) is 0 Å². The van der Waals surface area contributed by atoms with Gasteiger partial charge in [-0.1, -0.05) is 273 Å². The first-order valence-electron chi connectivity index (χ1n) is 29.5. The van der Waals surface area contributed by atoms with Crippen molar-refractivity contribution in [2.75, 3.05) is 0 Å². The Kier molecular flexibility index (Phi) is 14.7. The van der Waals surface area contributed by atoms with E-state index in [2.05, 4.69) is 352 Å². The molecule has 0 spiro atoms. The summed E-state index contributed by atoms with van der Waals surface area (Å²) in [6, 6.07) is 128. The molecule has 0 aliphatic carbocycles. The van der Waals surface area contributed by atoms with Crippen molar-refractivity contribution >= 4 is 5.57 Å². The summed E-state index contributed by atoms with van der Waals surface area (Å²) in [7, 11) is 0. The molecule has 0 aromatic heterocycles. The van der Waals surface area contributed by atoms with E-state index in [1.165, 1.54) is 66.8 Å². The van der Waals surface area contributed by atoms with Crippen LogP contribution >= 0.6 is 0 Å². The minimum atomic E-state index is 0.938. The van der Waals surface area contributed by atoms with Crippen LogP contribution in [0.2, 0.25) is 0 Å². The highest BCUT2D eigenvalue weighted by atomic mass is 14.2. The second-order valence-corrected chi connectivity index (χ2v) is 22.2. The highest BCUT2D eigenvalue weighted by Crippen LogP contribution is 2.41. The average Bonchev–Trinajstić information content (AvgIpc) is 2.07. The fourth-order valence-electron chi connectivity index (χ4n) is 12.0. The Morgan fingerprint density at radius 1 is 0.128 bits per heavy atom. The molecule has 0 heteroatoms. The van der Waals surface area contributed by atoms with Gasteiger partial charge >= 0.3 is 0 Å². The topological polar surface area (TPSA) is 0 Å². The van der Waals surface area contributed by atoms with Gasteiger partial charge in [0.2, 0.25) is 0 Å². The monoisotopic (exact) mass is 1090 g/mol. The van der Waals surface area contributed by atoms with Gasteiger partial charge in [0.1, 0.15) is 0 Å². The Morgan fingerprint density at radius 3 is 0.430 bits per heavy atom. The molecule has 0 bridgehead atoms. The Bertz CT molecular complexity index is 4150. The smallest absolute Gasteiger partial charge is 0.0171 e. The molecule has 0 aliphatic rings. The van der Waals surface area contributed by atoms with Crippen LogP contribution in [-0.2, 0) is 0 Å². The molecular weight excluding hydrogens is 1030 g/mol. The molecule has 14 aromatic carbocycles. The third kappa shape index (κ3) is 11.5. The van der Waals surface area contributed by atoms with E-state index in [-0.39, 0.29) is 0 Å². The standard InChI is InChI=1S/C86H60/c1-60(81-54-83(77-42-18-38-73(50-77)69-34-14-30-65(46-69)61-22-6-2-7-23-61)58-84(55-81)78-43-19-39-74(51-78)70-35-15-31-66(47-70)62-24-8-3-9-25-62)82-56-85(79-44-20-40-75(52-79)71-36-16-32-67(48-71)63-26-10-4-11-27-63)59-86(57-82)80-45-21-41-76(53-80)72-37-17-33-68(49-72)64-28-12-5-13-29-64/h2-59H,1H2. The molecular formula is C86H60. The SMILES string of the molecule is C=C(c1cc(-c2cccc(-c3cccc(-c4ccccc4)c3)c2)cc(-c2cccc(-c3cccc(-c4ccccc4)c3)c2)c1)c1cc(-c2cccc(-c3cccc(-c4ccccc4)c3)c2)cc(-c2cccc(-c3cccc(-c4ccccc4)c3)c2)c1. The Hall–Kier alpha value is -11.2. The molecule has 0 nitrogen and oxygen atoms in total. The zero-order chi connectivity index (χ0) is 57.6. The molecule has 0 unspecified atom stereocenters. The second kappa shape index (κ2) is 24.0. The number of hydrogen-bond donors (Lipinski definition) is 0. The molecule has 0 amide bonds. The third-order valence-corrected chi connectivity index (χ3v) is 16.6. The van der Waals surface area contributed by atoms with Gasteiger partial charge in [-0.25, -0.2) is 0 Å². The first kappa shape index (κ1) is 52.9. The van der Waals surface area contributed by atoms with E-state index in [4.69, 9.17) is 6.58 Å². The maximum Gasteiger partial charge on any atom is -0.0171 e. The van der Waals surface area contributed by atoms with Crippen molar-refractivity contribution in [1.29, 1.82) is 0 Å². The highest BCUT2D eigenvalue weighted by molar-refractivity contribution is 5.91. The zero-order valence-electron chi connectivity index (χ0n) is 47.7. The fourth-order valence-corrected chi connectivity index (χ4v) is 12.0. The number of benzene rings is 14. The highest BCUT2D eigenvalue weighted by Gasteiger charge is 2.16. The predicted molar refractivity (Wildman–Crippen MR) is 366 cm³/mol. The van der Waals surface area contributed by atoms with Gasteiger partial charge in [-0.15, -0.1) is 0 Å². The summed E-state index contributed by atoms with van der Waals surface area (Å²) in [5.41, 5.74) is 30.9. The lowest BCUT2D eigenvalue weighted by Crippen LogP contribution is -1.94. The largest absolute Gasteiger partial charge is 0.0906 e. The Balaban J connectivity index is 0.906. The van der Waals surface area contributed by atoms with Crippen molar-refractivity contribution in [3.05, 3.63) is 370 Å². The van der Waals surface area contributed by atoms with Gasteiger partial charge in [-0.05, 0) is 235 Å². The molecule has 404 valence electrons. The van der Waals surface area contributed by atoms with Crippen molar-refractivity contribution < 1.29 is 0 Å². The van der Waals surface area contributed by atoms with E-state index in [1.807, 2.05) is 0 Å². The molecule has 86 heavy (non-hydrogen) atoms. The van der Waals surface area contributed by atoms with Crippen LogP contribution in [0.4, 0.5) is 0 Å². The molecule has 0 N–H and O–H groups in total. The van der Waals surface area contributed by atoms with Crippen LogP contribution in [0.1, 0.15) is 11.1 Å². The van der Waals surface area contributed by atoms with Gasteiger partial charge in [0, 0.05) is 0 Å². The van der Waals surface area contributed by atoms with Gasteiger partial charge in [-0.3, -0.25) is 0 Å². The van der Waals surface area contributed by atoms with Gasteiger partial charge in [0.25, 0.3) is 0 Å².